The number of para-hydroxylation sites is 1. The summed E-state index contributed by atoms with van der Waals surface area (Å²) in [6.45, 7) is 1.35. The van der Waals surface area contributed by atoms with Crippen molar-refractivity contribution in [3.63, 3.8) is 0 Å². The maximum atomic E-state index is 14.7. The van der Waals surface area contributed by atoms with Gasteiger partial charge in [-0.2, -0.15) is 0 Å². The van der Waals surface area contributed by atoms with Crippen LogP contribution in [0.3, 0.4) is 0 Å². The van der Waals surface area contributed by atoms with Crippen molar-refractivity contribution in [1.82, 2.24) is 63.5 Å². The van der Waals surface area contributed by atoms with E-state index in [-0.39, 0.29) is 109 Å². The van der Waals surface area contributed by atoms with Gasteiger partial charge in [0.1, 0.15) is 42.3 Å². The number of rotatable bonds is 20. The number of hydrogen-bond acceptors (Lipinski definition) is 12. The number of urea groups is 1. The number of guanidine groups is 2. The molecule has 0 spiro atoms. The number of primary amides is 2. The van der Waals surface area contributed by atoms with E-state index >= 15 is 0 Å². The molecule has 1 unspecified atom stereocenters. The van der Waals surface area contributed by atoms with Crippen LogP contribution in [0.5, 0.6) is 0 Å². The fraction of sp³-hybridized carbons (Fsp3) is 0.480. The first kappa shape index (κ1) is 61.6. The Morgan fingerprint density at radius 1 is 0.654 bits per heavy atom. The molecule has 2 aromatic carbocycles. The third-order valence-electron chi connectivity index (χ3n) is 12.5. The Balaban J connectivity index is 1.79. The van der Waals surface area contributed by atoms with Crippen LogP contribution in [0.2, 0.25) is 0 Å². The summed E-state index contributed by atoms with van der Waals surface area (Å²) < 4.78 is 0. The average Bonchev–Trinajstić information content (AvgIpc) is 3.80. The first-order chi connectivity index (χ1) is 37.2. The largest absolute Gasteiger partial charge is 0.370 e. The van der Waals surface area contributed by atoms with Gasteiger partial charge >= 0.3 is 6.03 Å². The van der Waals surface area contributed by atoms with Gasteiger partial charge in [0.15, 0.2) is 11.9 Å². The van der Waals surface area contributed by atoms with Crippen molar-refractivity contribution in [1.29, 1.82) is 10.8 Å². The zero-order valence-corrected chi connectivity index (χ0v) is 43.5. The topological polar surface area (TPSA) is 471 Å². The van der Waals surface area contributed by atoms with Crippen molar-refractivity contribution >= 4 is 82.0 Å². The highest BCUT2D eigenvalue weighted by molar-refractivity contribution is 5.99. The molecule has 2 heterocycles. The van der Waals surface area contributed by atoms with Crippen molar-refractivity contribution in [3.05, 3.63) is 71.9 Å². The number of carbonyl (C=O) groups is 10. The lowest BCUT2D eigenvalue weighted by molar-refractivity contribution is -0.136. The number of amides is 11. The maximum absolute atomic E-state index is 14.7. The highest BCUT2D eigenvalue weighted by atomic mass is 16.2. The highest BCUT2D eigenvalue weighted by Crippen LogP contribution is 2.20. The van der Waals surface area contributed by atoms with Gasteiger partial charge in [-0.05, 0) is 75.0 Å². The van der Waals surface area contributed by atoms with Gasteiger partial charge in [0.2, 0.25) is 53.2 Å². The van der Waals surface area contributed by atoms with Crippen LogP contribution >= 0.6 is 0 Å². The van der Waals surface area contributed by atoms with E-state index in [4.69, 9.17) is 33.8 Å². The Morgan fingerprint density at radius 3 is 1.82 bits per heavy atom. The number of H-pyrrole nitrogens is 1. The molecule has 7 atom stereocenters. The van der Waals surface area contributed by atoms with Crippen LogP contribution in [-0.2, 0) is 56.0 Å². The first-order valence-corrected chi connectivity index (χ1v) is 25.6. The van der Waals surface area contributed by atoms with E-state index in [2.05, 4.69) is 63.5 Å². The molecule has 28 heteroatoms. The lowest BCUT2D eigenvalue weighted by Crippen LogP contribution is -2.60. The van der Waals surface area contributed by atoms with Gasteiger partial charge in [0, 0.05) is 63.0 Å². The molecule has 1 saturated heterocycles. The summed E-state index contributed by atoms with van der Waals surface area (Å²) >= 11 is 0. The third kappa shape index (κ3) is 21.7. The second-order valence-corrected chi connectivity index (χ2v) is 18.7. The summed E-state index contributed by atoms with van der Waals surface area (Å²) in [5, 5.41) is 44.6. The summed E-state index contributed by atoms with van der Waals surface area (Å²) in [6.07, 6.45) is 1.34. The number of aromatic nitrogens is 1. The van der Waals surface area contributed by atoms with Gasteiger partial charge in [-0.1, -0.05) is 48.5 Å². The molecular formula is C50H74N18O10. The number of carbonyl (C=O) groups excluding carboxylic acids is 10. The van der Waals surface area contributed by atoms with E-state index < -0.39 is 108 Å². The van der Waals surface area contributed by atoms with Gasteiger partial charge in [-0.15, -0.1) is 0 Å². The van der Waals surface area contributed by atoms with Crippen LogP contribution < -0.4 is 81.4 Å². The van der Waals surface area contributed by atoms with E-state index in [9.17, 15) is 47.9 Å². The van der Waals surface area contributed by atoms with E-state index in [1.54, 1.807) is 42.6 Å². The first-order valence-electron chi connectivity index (χ1n) is 25.6. The lowest BCUT2D eigenvalue weighted by Gasteiger charge is -2.28. The van der Waals surface area contributed by atoms with Crippen molar-refractivity contribution in [2.75, 3.05) is 26.2 Å². The molecule has 0 saturated carbocycles. The minimum atomic E-state index is -1.68. The van der Waals surface area contributed by atoms with Crippen molar-refractivity contribution < 1.29 is 47.9 Å². The Bertz CT molecular complexity index is 2600. The maximum Gasteiger partial charge on any atom is 0.312 e. The standard InChI is InChI=1S/C50H74N18O10/c1-28(69)62-34(17-9-21-58-48(52)53)42(72)68-39-26-40(70)57-20-8-7-16-33(41(51)71)63-46(76)38(25-30-27-61-32-15-6-5-14-31(30)32)67-44(74)35(18-10-22-59-49(54)55)64-45(75)37(24-29-12-3-2-4-13-29)66-43(73)36(65-47(39)77)19-11-23-60-50(56)78/h2-6,12-15,27,33-39,61H,7-11,16-26H2,1H3,(H2,51,71)(H,57,70)(H,62,69)(H,63,76)(H,64,75)(H,65,77)(H,66,73)(H,67,74)(H,68,72)(H4,52,53,58)(H4,54,55,59)(H3,56,60,78)/t33?,34-,35-,36-,37+,38-,39-/m0/s1. The molecule has 1 fully saturated rings. The summed E-state index contributed by atoms with van der Waals surface area (Å²) in [7, 11) is 0. The number of nitrogens with one attached hydrogen (secondary N) is 14. The summed E-state index contributed by atoms with van der Waals surface area (Å²) in [6, 6.07) is 5.03. The fourth-order valence-electron chi connectivity index (χ4n) is 8.50. The minimum Gasteiger partial charge on any atom is -0.370 e. The zero-order valence-electron chi connectivity index (χ0n) is 43.5. The third-order valence-corrected chi connectivity index (χ3v) is 12.5. The predicted octanol–water partition coefficient (Wildman–Crippen LogP) is -3.48. The highest BCUT2D eigenvalue weighted by Gasteiger charge is 2.35. The molecule has 424 valence electrons. The predicted molar refractivity (Wildman–Crippen MR) is 287 cm³/mol. The Labute approximate surface area is 450 Å². The smallest absolute Gasteiger partial charge is 0.312 e. The Morgan fingerprint density at radius 2 is 1.21 bits per heavy atom. The van der Waals surface area contributed by atoms with Gasteiger partial charge in [-0.3, -0.25) is 54.0 Å². The number of aromatic amines is 1. The van der Waals surface area contributed by atoms with E-state index in [0.717, 1.165) is 10.9 Å². The van der Waals surface area contributed by atoms with Crippen LogP contribution in [0.25, 0.3) is 10.9 Å². The molecule has 28 nitrogen and oxygen atoms in total. The number of nitrogens with two attached hydrogens (primary N) is 4. The van der Waals surface area contributed by atoms with Crippen molar-refractivity contribution in [2.45, 2.75) is 126 Å². The van der Waals surface area contributed by atoms with Crippen LogP contribution in [0.15, 0.2) is 60.8 Å². The molecule has 4 rings (SSSR count). The van der Waals surface area contributed by atoms with Crippen molar-refractivity contribution in [2.24, 2.45) is 22.9 Å². The monoisotopic (exact) mass is 1090 g/mol. The molecule has 0 bridgehead atoms. The number of fused-ring (bicyclic) bond motifs is 1. The minimum absolute atomic E-state index is 0.000267. The molecule has 1 aliphatic heterocycles. The van der Waals surface area contributed by atoms with E-state index in [1.165, 1.54) is 6.92 Å². The van der Waals surface area contributed by atoms with Gasteiger partial charge in [0.05, 0.1) is 6.42 Å². The molecule has 1 aromatic heterocycles. The average molecular weight is 1090 g/mol. The quantitative estimate of drug-likeness (QED) is 0.0297. The van der Waals surface area contributed by atoms with Gasteiger partial charge in [-0.25, -0.2) is 4.79 Å². The molecule has 22 N–H and O–H groups in total. The fourth-order valence-corrected chi connectivity index (χ4v) is 8.50. The second kappa shape index (κ2) is 31.8. The summed E-state index contributed by atoms with van der Waals surface area (Å²) in [5.74, 6) is -8.18. The van der Waals surface area contributed by atoms with Crippen LogP contribution in [-0.4, -0.2) is 145 Å². The van der Waals surface area contributed by atoms with E-state index in [0.29, 0.717) is 11.1 Å². The molecule has 0 radical (unpaired) electrons. The summed E-state index contributed by atoms with van der Waals surface area (Å²) in [4.78, 5) is 140. The Hall–Kier alpha value is -8.98. The van der Waals surface area contributed by atoms with Gasteiger partial charge in [0.25, 0.3) is 0 Å². The zero-order chi connectivity index (χ0) is 57.1. The van der Waals surface area contributed by atoms with Crippen molar-refractivity contribution in [3.8, 4) is 0 Å². The van der Waals surface area contributed by atoms with Crippen LogP contribution in [0, 0.1) is 10.8 Å². The van der Waals surface area contributed by atoms with Crippen LogP contribution in [0.4, 0.5) is 4.79 Å². The Kier molecular flexibility index (Phi) is 25.1. The molecule has 1 aliphatic rings. The molecule has 0 aliphatic carbocycles. The molecule has 3 aromatic rings. The number of hydrogen-bond donors (Lipinski definition) is 18. The van der Waals surface area contributed by atoms with E-state index in [1.807, 2.05) is 18.2 Å². The molecular weight excluding hydrogens is 1010 g/mol. The second-order valence-electron chi connectivity index (χ2n) is 18.7. The van der Waals surface area contributed by atoms with Crippen LogP contribution in [0.1, 0.15) is 82.3 Å². The number of benzene rings is 2. The molecule has 11 amide bonds. The molecule has 78 heavy (non-hydrogen) atoms. The lowest BCUT2D eigenvalue weighted by atomic mass is 10.0. The SMILES string of the molecule is CC(=O)N[C@@H](CCCNC(=N)N)C(=O)N[C@H]1CC(=O)NCCCCC(C(N)=O)NC(=O)[C@H](Cc2c[nH]c3ccccc23)NC(=O)[C@H](CCCNC(=N)N)NC(=O)[C@@H](Cc2ccccc2)NC(=O)[C@H](CCCNC(N)=O)NC1=O. The normalized spacial score (nSPS) is 20.6. The van der Waals surface area contributed by atoms with Gasteiger partial charge < -0.3 is 86.4 Å². The summed E-state index contributed by atoms with van der Waals surface area (Å²) in [5.41, 5.74) is 23.9.